The molecule has 0 saturated carbocycles. The monoisotopic (exact) mass is 297 g/mol. The minimum atomic E-state index is -0.913. The molecular formula is C15H21F2N3O. The lowest BCUT2D eigenvalue weighted by atomic mass is 10.1. The molecule has 1 aromatic carbocycles. The van der Waals surface area contributed by atoms with Crippen LogP contribution in [0.4, 0.5) is 8.78 Å². The minimum Gasteiger partial charge on any atom is -0.344 e. The van der Waals surface area contributed by atoms with Gasteiger partial charge in [-0.3, -0.25) is 9.69 Å². The summed E-state index contributed by atoms with van der Waals surface area (Å²) in [5.41, 5.74) is 0.493. The Bertz CT molecular complexity index is 490. The molecule has 0 spiro atoms. The zero-order valence-corrected chi connectivity index (χ0v) is 12.2. The van der Waals surface area contributed by atoms with Crippen LogP contribution in [-0.4, -0.2) is 62.0 Å². The van der Waals surface area contributed by atoms with E-state index in [1.807, 2.05) is 0 Å². The van der Waals surface area contributed by atoms with E-state index >= 15 is 0 Å². The molecule has 1 amide bonds. The van der Waals surface area contributed by atoms with Crippen LogP contribution < -0.4 is 5.32 Å². The van der Waals surface area contributed by atoms with Gasteiger partial charge in [0.15, 0.2) is 11.6 Å². The fourth-order valence-corrected chi connectivity index (χ4v) is 2.31. The number of hydrogen-bond acceptors (Lipinski definition) is 3. The Hall–Kier alpha value is -1.53. The molecule has 0 bridgehead atoms. The zero-order chi connectivity index (χ0) is 15.2. The van der Waals surface area contributed by atoms with Crippen LogP contribution in [0.2, 0.25) is 0 Å². The molecule has 1 aromatic rings. The highest BCUT2D eigenvalue weighted by molar-refractivity contribution is 5.78. The summed E-state index contributed by atoms with van der Waals surface area (Å²) in [6, 6.07) is 3.58. The smallest absolute Gasteiger partial charge is 0.226 e. The summed E-state index contributed by atoms with van der Waals surface area (Å²) in [7, 11) is 1.74. The quantitative estimate of drug-likeness (QED) is 0.876. The SMILES string of the molecule is CN(CCN1CCNCC1)C(=O)Cc1ccc(F)c(F)c1. The van der Waals surface area contributed by atoms with Crippen molar-refractivity contribution in [2.45, 2.75) is 6.42 Å². The van der Waals surface area contributed by atoms with Crippen molar-refractivity contribution < 1.29 is 13.6 Å². The molecule has 0 radical (unpaired) electrons. The van der Waals surface area contributed by atoms with E-state index in [0.717, 1.165) is 44.9 Å². The Labute approximate surface area is 123 Å². The van der Waals surface area contributed by atoms with Gasteiger partial charge in [0.2, 0.25) is 5.91 Å². The van der Waals surface area contributed by atoms with E-state index in [9.17, 15) is 13.6 Å². The van der Waals surface area contributed by atoms with Crippen LogP contribution in [-0.2, 0) is 11.2 Å². The van der Waals surface area contributed by atoms with Crippen molar-refractivity contribution in [3.63, 3.8) is 0 Å². The van der Waals surface area contributed by atoms with Crippen LogP contribution in [0.15, 0.2) is 18.2 Å². The molecule has 1 aliphatic heterocycles. The summed E-state index contributed by atoms with van der Waals surface area (Å²) >= 11 is 0. The van der Waals surface area contributed by atoms with Crippen LogP contribution in [0.5, 0.6) is 0 Å². The number of halogens is 2. The molecule has 0 aliphatic carbocycles. The molecule has 1 saturated heterocycles. The van der Waals surface area contributed by atoms with E-state index in [2.05, 4.69) is 10.2 Å². The first-order valence-corrected chi connectivity index (χ1v) is 7.17. The second-order valence-corrected chi connectivity index (χ2v) is 5.33. The summed E-state index contributed by atoms with van der Waals surface area (Å²) in [4.78, 5) is 16.0. The average Bonchev–Trinajstić information content (AvgIpc) is 2.49. The van der Waals surface area contributed by atoms with E-state index < -0.39 is 11.6 Å². The van der Waals surface area contributed by atoms with Crippen LogP contribution >= 0.6 is 0 Å². The van der Waals surface area contributed by atoms with E-state index in [4.69, 9.17) is 0 Å². The topological polar surface area (TPSA) is 35.6 Å². The normalized spacial score (nSPS) is 16.0. The fourth-order valence-electron chi connectivity index (χ4n) is 2.31. The number of benzene rings is 1. The minimum absolute atomic E-state index is 0.0869. The molecule has 0 aromatic heterocycles. The third-order valence-corrected chi connectivity index (χ3v) is 3.73. The van der Waals surface area contributed by atoms with Gasteiger partial charge in [-0.15, -0.1) is 0 Å². The molecule has 2 rings (SSSR count). The third-order valence-electron chi connectivity index (χ3n) is 3.73. The fraction of sp³-hybridized carbons (Fsp3) is 0.533. The Balaban J connectivity index is 1.80. The predicted octanol–water partition coefficient (Wildman–Crippen LogP) is 0.871. The van der Waals surface area contributed by atoms with Gasteiger partial charge >= 0.3 is 0 Å². The molecule has 1 heterocycles. The lowest BCUT2D eigenvalue weighted by molar-refractivity contribution is -0.129. The number of carbonyl (C=O) groups is 1. The van der Waals surface area contributed by atoms with Crippen molar-refractivity contribution in [1.82, 2.24) is 15.1 Å². The van der Waals surface area contributed by atoms with Crippen molar-refractivity contribution in [2.75, 3.05) is 46.3 Å². The Kier molecular flexibility index (Phi) is 5.64. The molecule has 1 fully saturated rings. The van der Waals surface area contributed by atoms with Gasteiger partial charge < -0.3 is 10.2 Å². The highest BCUT2D eigenvalue weighted by atomic mass is 19.2. The van der Waals surface area contributed by atoms with Gasteiger partial charge in [0.05, 0.1) is 6.42 Å². The lowest BCUT2D eigenvalue weighted by Crippen LogP contribution is -2.46. The molecule has 0 unspecified atom stereocenters. The van der Waals surface area contributed by atoms with Gasteiger partial charge in [-0.05, 0) is 17.7 Å². The molecule has 1 aliphatic rings. The summed E-state index contributed by atoms with van der Waals surface area (Å²) in [5, 5.41) is 3.28. The molecule has 0 atom stereocenters. The second-order valence-electron chi connectivity index (χ2n) is 5.33. The Morgan fingerprint density at radius 1 is 1.29 bits per heavy atom. The Morgan fingerprint density at radius 3 is 2.67 bits per heavy atom. The van der Waals surface area contributed by atoms with E-state index in [-0.39, 0.29) is 12.3 Å². The predicted molar refractivity (Wildman–Crippen MR) is 77.0 cm³/mol. The van der Waals surface area contributed by atoms with Crippen LogP contribution in [0, 0.1) is 11.6 Å². The molecule has 21 heavy (non-hydrogen) atoms. The maximum atomic E-state index is 13.1. The number of amides is 1. The second kappa shape index (κ2) is 7.47. The van der Waals surface area contributed by atoms with E-state index in [1.54, 1.807) is 11.9 Å². The summed E-state index contributed by atoms with van der Waals surface area (Å²) in [6.07, 6.45) is 0.0925. The number of rotatable bonds is 5. The number of likely N-dealkylation sites (N-methyl/N-ethyl adjacent to an activating group) is 1. The first-order chi connectivity index (χ1) is 10.1. The first-order valence-electron chi connectivity index (χ1n) is 7.17. The van der Waals surface area contributed by atoms with Crippen molar-refractivity contribution in [3.8, 4) is 0 Å². The summed E-state index contributed by atoms with van der Waals surface area (Å²) in [5.74, 6) is -1.89. The van der Waals surface area contributed by atoms with Gasteiger partial charge in [-0.2, -0.15) is 0 Å². The van der Waals surface area contributed by atoms with Crippen molar-refractivity contribution in [2.24, 2.45) is 0 Å². The molecule has 6 heteroatoms. The molecule has 1 N–H and O–H groups in total. The zero-order valence-electron chi connectivity index (χ0n) is 12.2. The highest BCUT2D eigenvalue weighted by Gasteiger charge is 2.14. The average molecular weight is 297 g/mol. The standard InChI is InChI=1S/C15H21F2N3O/c1-19(8-9-20-6-4-18-5-7-20)15(21)11-12-2-3-13(16)14(17)10-12/h2-3,10,18H,4-9,11H2,1H3. The summed E-state index contributed by atoms with van der Waals surface area (Å²) in [6.45, 7) is 5.42. The summed E-state index contributed by atoms with van der Waals surface area (Å²) < 4.78 is 25.9. The van der Waals surface area contributed by atoms with Crippen LogP contribution in [0.1, 0.15) is 5.56 Å². The number of carbonyl (C=O) groups excluding carboxylic acids is 1. The van der Waals surface area contributed by atoms with Crippen molar-refractivity contribution in [3.05, 3.63) is 35.4 Å². The highest BCUT2D eigenvalue weighted by Crippen LogP contribution is 2.10. The van der Waals surface area contributed by atoms with E-state index in [0.29, 0.717) is 12.1 Å². The van der Waals surface area contributed by atoms with Crippen molar-refractivity contribution >= 4 is 5.91 Å². The molecular weight excluding hydrogens is 276 g/mol. The van der Waals surface area contributed by atoms with Gasteiger partial charge in [0.1, 0.15) is 0 Å². The number of hydrogen-bond donors (Lipinski definition) is 1. The maximum Gasteiger partial charge on any atom is 0.226 e. The van der Waals surface area contributed by atoms with Crippen LogP contribution in [0.3, 0.4) is 0 Å². The van der Waals surface area contributed by atoms with Gasteiger partial charge in [-0.1, -0.05) is 6.07 Å². The molecule has 4 nitrogen and oxygen atoms in total. The van der Waals surface area contributed by atoms with Crippen LogP contribution in [0.25, 0.3) is 0 Å². The number of nitrogens with one attached hydrogen (secondary N) is 1. The first kappa shape index (κ1) is 15.9. The van der Waals surface area contributed by atoms with Gasteiger partial charge in [0, 0.05) is 46.3 Å². The Morgan fingerprint density at radius 2 is 2.00 bits per heavy atom. The number of nitrogens with zero attached hydrogens (tertiary/aromatic N) is 2. The van der Waals surface area contributed by atoms with Crippen molar-refractivity contribution in [1.29, 1.82) is 0 Å². The maximum absolute atomic E-state index is 13.1. The third kappa shape index (κ3) is 4.75. The molecule has 116 valence electrons. The lowest BCUT2D eigenvalue weighted by Gasteiger charge is -2.29. The largest absolute Gasteiger partial charge is 0.344 e. The van der Waals surface area contributed by atoms with E-state index in [1.165, 1.54) is 6.07 Å². The number of piperazine rings is 1. The van der Waals surface area contributed by atoms with Gasteiger partial charge in [-0.25, -0.2) is 8.78 Å². The van der Waals surface area contributed by atoms with Gasteiger partial charge in [0.25, 0.3) is 0 Å².